The fraction of sp³-hybridized carbons (Fsp3) is 0.500. The summed E-state index contributed by atoms with van der Waals surface area (Å²) in [7, 11) is 0.350. The molecule has 198 valence electrons. The molecule has 0 unspecified atom stereocenters. The molecule has 0 atom stereocenters. The molecule has 3 rings (SSSR count). The number of sulfonamides is 1. The highest BCUT2D eigenvalue weighted by atomic mass is 35.5. The van der Waals surface area contributed by atoms with Crippen molar-refractivity contribution in [3.8, 4) is 5.75 Å². The van der Waals surface area contributed by atoms with E-state index in [1.807, 2.05) is 43.3 Å². The lowest BCUT2D eigenvalue weighted by Gasteiger charge is -2.30. The molecule has 0 fully saturated rings. The minimum absolute atomic E-state index is 0.114. The van der Waals surface area contributed by atoms with Gasteiger partial charge in [-0.1, -0.05) is 23.7 Å². The molecule has 0 bridgehead atoms. The maximum absolute atomic E-state index is 13.4. The molecule has 8 nitrogen and oxygen atoms in total. The highest BCUT2D eigenvalue weighted by molar-refractivity contribution is 7.92. The van der Waals surface area contributed by atoms with Gasteiger partial charge in [0.25, 0.3) is 5.91 Å². The molecule has 0 aromatic heterocycles. The van der Waals surface area contributed by atoms with E-state index >= 15 is 0 Å². The van der Waals surface area contributed by atoms with Crippen molar-refractivity contribution >= 4 is 38.9 Å². The van der Waals surface area contributed by atoms with E-state index in [9.17, 15) is 13.2 Å². The SMILES string of the molecule is CC(C)N1CCCN(S(C)(=O)=O)c2cc(Cl)ccc2CN(C(=O)COc2cccc(N(C)C)c2)CC1. The normalized spacial score (nSPS) is 15.9. The zero-order valence-electron chi connectivity index (χ0n) is 21.8. The molecule has 2 aromatic carbocycles. The highest BCUT2D eigenvalue weighted by Crippen LogP contribution is 2.29. The second-order valence-electron chi connectivity index (χ2n) is 9.59. The quantitative estimate of drug-likeness (QED) is 0.560. The molecular weight excluding hydrogens is 500 g/mol. The van der Waals surface area contributed by atoms with Crippen molar-refractivity contribution < 1.29 is 17.9 Å². The predicted molar refractivity (Wildman–Crippen MR) is 147 cm³/mol. The van der Waals surface area contributed by atoms with E-state index in [0.29, 0.717) is 42.5 Å². The number of ether oxygens (including phenoxy) is 1. The lowest BCUT2D eigenvalue weighted by atomic mass is 10.1. The molecule has 1 amide bonds. The summed E-state index contributed by atoms with van der Waals surface area (Å²) in [4.78, 5) is 19.4. The number of amides is 1. The molecular formula is C26H37ClN4O4S. The first-order chi connectivity index (χ1) is 17.0. The number of rotatable bonds is 6. The predicted octanol–water partition coefficient (Wildman–Crippen LogP) is 3.69. The Morgan fingerprint density at radius 2 is 1.83 bits per heavy atom. The van der Waals surface area contributed by atoms with Crippen molar-refractivity contribution in [2.24, 2.45) is 0 Å². The number of carbonyl (C=O) groups excluding carboxylic acids is 1. The lowest BCUT2D eigenvalue weighted by Crippen LogP contribution is -2.42. The molecule has 0 radical (unpaired) electrons. The van der Waals surface area contributed by atoms with Gasteiger partial charge in [-0.3, -0.25) is 14.0 Å². The van der Waals surface area contributed by atoms with Gasteiger partial charge in [0, 0.05) is 69.6 Å². The minimum atomic E-state index is -3.54. The molecule has 0 spiro atoms. The molecule has 1 heterocycles. The van der Waals surface area contributed by atoms with Gasteiger partial charge < -0.3 is 14.5 Å². The molecule has 1 aliphatic rings. The molecule has 10 heteroatoms. The van der Waals surface area contributed by atoms with Gasteiger partial charge in [0.2, 0.25) is 10.0 Å². The Morgan fingerprint density at radius 3 is 2.50 bits per heavy atom. The standard InChI is InChI=1S/C26H37ClN4O4S/c1-20(2)29-12-7-13-31(36(5,33)34)25-16-22(27)11-10-21(25)18-30(15-14-29)26(32)19-35-24-9-6-8-23(17-24)28(3)4/h6,8-11,16-17,20H,7,12-15,18-19H2,1-5H3. The van der Waals surface area contributed by atoms with Crippen LogP contribution in [0.25, 0.3) is 0 Å². The number of halogens is 1. The third kappa shape index (κ3) is 7.51. The van der Waals surface area contributed by atoms with Crippen LogP contribution in [0.4, 0.5) is 11.4 Å². The molecule has 0 aliphatic carbocycles. The first-order valence-electron chi connectivity index (χ1n) is 12.1. The number of anilines is 2. The molecule has 1 aliphatic heterocycles. The fourth-order valence-corrected chi connectivity index (χ4v) is 5.40. The van der Waals surface area contributed by atoms with Gasteiger partial charge in [-0.05, 0) is 50.1 Å². The van der Waals surface area contributed by atoms with Gasteiger partial charge in [0.05, 0.1) is 11.9 Å². The van der Waals surface area contributed by atoms with Crippen LogP contribution in [0.5, 0.6) is 5.75 Å². The van der Waals surface area contributed by atoms with Gasteiger partial charge in [-0.15, -0.1) is 0 Å². The van der Waals surface area contributed by atoms with Crippen molar-refractivity contribution in [3.63, 3.8) is 0 Å². The van der Waals surface area contributed by atoms with Gasteiger partial charge in [-0.2, -0.15) is 0 Å². The summed E-state index contributed by atoms with van der Waals surface area (Å²) >= 11 is 6.27. The molecule has 0 saturated heterocycles. The first kappa shape index (κ1) is 28.1. The Kier molecular flexibility index (Phi) is 9.49. The Bertz CT molecular complexity index is 1160. The van der Waals surface area contributed by atoms with Crippen LogP contribution in [0.1, 0.15) is 25.8 Å². The number of nitrogens with zero attached hydrogens (tertiary/aromatic N) is 4. The Hall–Kier alpha value is -2.49. The summed E-state index contributed by atoms with van der Waals surface area (Å²) in [5.41, 5.74) is 2.22. The first-order valence-corrected chi connectivity index (χ1v) is 14.4. The van der Waals surface area contributed by atoms with Gasteiger partial charge in [0.1, 0.15) is 5.75 Å². The third-order valence-electron chi connectivity index (χ3n) is 6.32. The lowest BCUT2D eigenvalue weighted by molar-refractivity contribution is -0.134. The summed E-state index contributed by atoms with van der Waals surface area (Å²) in [6, 6.07) is 13.0. The zero-order chi connectivity index (χ0) is 26.5. The van der Waals surface area contributed by atoms with E-state index in [-0.39, 0.29) is 25.1 Å². The van der Waals surface area contributed by atoms with Crippen LogP contribution in [0.2, 0.25) is 5.02 Å². The van der Waals surface area contributed by atoms with Crippen LogP contribution in [0.15, 0.2) is 42.5 Å². The number of hydrogen-bond donors (Lipinski definition) is 0. The van der Waals surface area contributed by atoms with E-state index in [0.717, 1.165) is 17.8 Å². The topological polar surface area (TPSA) is 73.4 Å². The average molecular weight is 537 g/mol. The van der Waals surface area contributed by atoms with Crippen LogP contribution < -0.4 is 13.9 Å². The van der Waals surface area contributed by atoms with Gasteiger partial charge >= 0.3 is 0 Å². The fourth-order valence-electron chi connectivity index (χ4n) is 4.25. The van der Waals surface area contributed by atoms with Crippen molar-refractivity contribution in [2.45, 2.75) is 32.9 Å². The Morgan fingerprint density at radius 1 is 1.08 bits per heavy atom. The van der Waals surface area contributed by atoms with Gasteiger partial charge in [0.15, 0.2) is 6.61 Å². The summed E-state index contributed by atoms with van der Waals surface area (Å²) < 4.78 is 32.7. The summed E-state index contributed by atoms with van der Waals surface area (Å²) in [5, 5.41) is 0.447. The van der Waals surface area contributed by atoms with Crippen LogP contribution in [-0.4, -0.2) is 83.3 Å². The number of fused-ring (bicyclic) bond motifs is 1. The van der Waals surface area contributed by atoms with Crippen LogP contribution >= 0.6 is 11.6 Å². The maximum Gasteiger partial charge on any atom is 0.260 e. The smallest absolute Gasteiger partial charge is 0.260 e. The van der Waals surface area contributed by atoms with E-state index in [1.165, 1.54) is 10.6 Å². The number of hydrogen-bond acceptors (Lipinski definition) is 6. The molecule has 2 aromatic rings. The third-order valence-corrected chi connectivity index (χ3v) is 7.74. The van der Waals surface area contributed by atoms with Crippen LogP contribution in [0.3, 0.4) is 0 Å². The molecule has 0 N–H and O–H groups in total. The van der Waals surface area contributed by atoms with Crippen molar-refractivity contribution in [1.82, 2.24) is 9.80 Å². The Balaban J connectivity index is 1.90. The second-order valence-corrected chi connectivity index (χ2v) is 11.9. The van der Waals surface area contributed by atoms with E-state index in [1.54, 1.807) is 23.1 Å². The average Bonchev–Trinajstić information content (AvgIpc) is 2.84. The van der Waals surface area contributed by atoms with Crippen LogP contribution in [0, 0.1) is 0 Å². The van der Waals surface area contributed by atoms with E-state index < -0.39 is 10.0 Å². The maximum atomic E-state index is 13.4. The summed E-state index contributed by atoms with van der Waals surface area (Å²) in [6.45, 7) is 6.59. The monoisotopic (exact) mass is 536 g/mol. The largest absolute Gasteiger partial charge is 0.484 e. The molecule has 36 heavy (non-hydrogen) atoms. The van der Waals surface area contributed by atoms with Crippen molar-refractivity contribution in [3.05, 3.63) is 53.1 Å². The van der Waals surface area contributed by atoms with Gasteiger partial charge in [-0.25, -0.2) is 8.42 Å². The summed E-state index contributed by atoms with van der Waals surface area (Å²) in [5.74, 6) is 0.451. The Labute approximate surface area is 220 Å². The highest BCUT2D eigenvalue weighted by Gasteiger charge is 2.25. The number of benzene rings is 2. The zero-order valence-corrected chi connectivity index (χ0v) is 23.3. The van der Waals surface area contributed by atoms with E-state index in [2.05, 4.69) is 18.7 Å². The van der Waals surface area contributed by atoms with Crippen molar-refractivity contribution in [2.75, 3.05) is 62.3 Å². The minimum Gasteiger partial charge on any atom is -0.484 e. The van der Waals surface area contributed by atoms with Crippen molar-refractivity contribution in [1.29, 1.82) is 0 Å². The summed E-state index contributed by atoms with van der Waals surface area (Å²) in [6.07, 6.45) is 1.87. The number of carbonyl (C=O) groups is 1. The second kappa shape index (κ2) is 12.2. The van der Waals surface area contributed by atoms with E-state index in [4.69, 9.17) is 16.3 Å². The molecule has 0 saturated carbocycles. The van der Waals surface area contributed by atoms with Crippen LogP contribution in [-0.2, 0) is 21.4 Å².